The van der Waals surface area contributed by atoms with Crippen LogP contribution < -0.4 is 0 Å². The molecule has 2 unspecified atom stereocenters. The van der Waals surface area contributed by atoms with Gasteiger partial charge in [0, 0.05) is 26.8 Å². The van der Waals surface area contributed by atoms with E-state index in [1.165, 1.54) is 0 Å². The smallest absolute Gasteiger partial charge is 0.0900 e. The fraction of sp³-hybridized carbons (Fsp3) is 1.00. The third-order valence-electron chi connectivity index (χ3n) is 3.22. The Morgan fingerprint density at radius 3 is 3.00 bits per heavy atom. The maximum atomic E-state index is 9.85. The molecule has 0 bridgehead atoms. The Bertz CT molecular complexity index is 190. The topological polar surface area (TPSA) is 41.9 Å². The highest BCUT2D eigenvalue weighted by molar-refractivity contribution is 4.75. The van der Waals surface area contributed by atoms with E-state index in [0.717, 1.165) is 45.4 Å². The quantitative estimate of drug-likeness (QED) is 0.654. The summed E-state index contributed by atoms with van der Waals surface area (Å²) in [6.45, 7) is 6.04. The van der Waals surface area contributed by atoms with Gasteiger partial charge in [-0.1, -0.05) is 13.3 Å². The summed E-state index contributed by atoms with van der Waals surface area (Å²) in [5.74, 6) is 0. The number of ether oxygens (including phenoxy) is 2. The van der Waals surface area contributed by atoms with Crippen molar-refractivity contribution in [2.24, 2.45) is 0 Å². The van der Waals surface area contributed by atoms with Crippen LogP contribution in [0.5, 0.6) is 0 Å². The van der Waals surface area contributed by atoms with Crippen molar-refractivity contribution >= 4 is 0 Å². The van der Waals surface area contributed by atoms with Gasteiger partial charge in [0.25, 0.3) is 0 Å². The molecule has 0 saturated carbocycles. The zero-order valence-electron chi connectivity index (χ0n) is 11.2. The van der Waals surface area contributed by atoms with Gasteiger partial charge in [0.2, 0.25) is 0 Å². The van der Waals surface area contributed by atoms with Crippen molar-refractivity contribution in [3.63, 3.8) is 0 Å². The number of aliphatic hydroxyl groups is 1. The van der Waals surface area contributed by atoms with E-state index in [-0.39, 0.29) is 6.10 Å². The molecule has 1 rings (SSSR count). The third kappa shape index (κ3) is 6.36. The molecule has 17 heavy (non-hydrogen) atoms. The van der Waals surface area contributed by atoms with E-state index in [2.05, 4.69) is 11.8 Å². The Morgan fingerprint density at radius 2 is 2.29 bits per heavy atom. The van der Waals surface area contributed by atoms with Crippen LogP contribution in [0.25, 0.3) is 0 Å². The minimum atomic E-state index is -0.373. The molecule has 4 heteroatoms. The van der Waals surface area contributed by atoms with Crippen LogP contribution in [-0.2, 0) is 9.47 Å². The molecule has 1 fully saturated rings. The van der Waals surface area contributed by atoms with Gasteiger partial charge in [-0.15, -0.1) is 0 Å². The summed E-state index contributed by atoms with van der Waals surface area (Å²) in [6, 6.07) is 0. The highest BCUT2D eigenvalue weighted by Crippen LogP contribution is 2.12. The lowest BCUT2D eigenvalue weighted by atomic mass is 10.1. The van der Waals surface area contributed by atoms with Crippen molar-refractivity contribution in [1.29, 1.82) is 0 Å². The number of hydrogen-bond acceptors (Lipinski definition) is 4. The van der Waals surface area contributed by atoms with Crippen molar-refractivity contribution in [3.8, 4) is 0 Å². The Balaban J connectivity index is 2.10. The first-order valence-corrected chi connectivity index (χ1v) is 6.77. The van der Waals surface area contributed by atoms with Crippen LogP contribution in [0.2, 0.25) is 0 Å². The number of rotatable bonds is 8. The summed E-state index contributed by atoms with van der Waals surface area (Å²) >= 11 is 0. The fourth-order valence-corrected chi connectivity index (χ4v) is 2.19. The van der Waals surface area contributed by atoms with Gasteiger partial charge in [0.05, 0.1) is 18.8 Å². The SMILES string of the molecule is CCCCOCC(O)CN1CCCC(OC)C1. The van der Waals surface area contributed by atoms with E-state index in [4.69, 9.17) is 9.47 Å². The molecular formula is C13H27NO3. The summed E-state index contributed by atoms with van der Waals surface area (Å²) < 4.78 is 10.8. The van der Waals surface area contributed by atoms with Gasteiger partial charge < -0.3 is 14.6 Å². The average molecular weight is 245 g/mol. The molecule has 1 aliphatic heterocycles. The Hall–Kier alpha value is -0.160. The molecule has 102 valence electrons. The number of aliphatic hydroxyl groups excluding tert-OH is 1. The Labute approximate surface area is 105 Å². The maximum Gasteiger partial charge on any atom is 0.0900 e. The number of methoxy groups -OCH3 is 1. The van der Waals surface area contributed by atoms with Gasteiger partial charge in [-0.2, -0.15) is 0 Å². The van der Waals surface area contributed by atoms with Crippen molar-refractivity contribution in [1.82, 2.24) is 4.90 Å². The summed E-state index contributed by atoms with van der Waals surface area (Å²) in [5.41, 5.74) is 0. The highest BCUT2D eigenvalue weighted by Gasteiger charge is 2.21. The molecule has 2 atom stereocenters. The molecule has 0 aromatic heterocycles. The Kier molecular flexibility index (Phi) is 7.77. The zero-order chi connectivity index (χ0) is 12.5. The largest absolute Gasteiger partial charge is 0.389 e. The minimum Gasteiger partial charge on any atom is -0.389 e. The van der Waals surface area contributed by atoms with E-state index >= 15 is 0 Å². The number of likely N-dealkylation sites (tertiary alicyclic amines) is 1. The molecule has 1 aliphatic rings. The van der Waals surface area contributed by atoms with Crippen molar-refractivity contribution in [2.45, 2.75) is 44.8 Å². The fourth-order valence-electron chi connectivity index (χ4n) is 2.19. The number of hydrogen-bond donors (Lipinski definition) is 1. The first kappa shape index (κ1) is 14.9. The van der Waals surface area contributed by atoms with E-state index in [9.17, 15) is 5.11 Å². The predicted octanol–water partition coefficient (Wildman–Crippen LogP) is 1.27. The number of piperidine rings is 1. The highest BCUT2D eigenvalue weighted by atomic mass is 16.5. The number of nitrogens with zero attached hydrogens (tertiary/aromatic N) is 1. The summed E-state index contributed by atoms with van der Waals surface area (Å²) in [6.07, 6.45) is 4.46. The van der Waals surface area contributed by atoms with Gasteiger partial charge >= 0.3 is 0 Å². The molecule has 0 amide bonds. The zero-order valence-corrected chi connectivity index (χ0v) is 11.2. The molecular weight excluding hydrogens is 218 g/mol. The predicted molar refractivity (Wildman–Crippen MR) is 68.2 cm³/mol. The van der Waals surface area contributed by atoms with Crippen LogP contribution in [0.4, 0.5) is 0 Å². The van der Waals surface area contributed by atoms with Crippen molar-refractivity contribution in [3.05, 3.63) is 0 Å². The van der Waals surface area contributed by atoms with E-state index < -0.39 is 0 Å². The summed E-state index contributed by atoms with van der Waals surface area (Å²) in [4.78, 5) is 2.27. The number of β-amino-alcohol motifs (C(OH)–C–C–N with tert-alkyl or cyclic N) is 1. The molecule has 1 N–H and O–H groups in total. The summed E-state index contributed by atoms with van der Waals surface area (Å²) in [5, 5.41) is 9.85. The second kappa shape index (κ2) is 8.86. The van der Waals surface area contributed by atoms with E-state index in [1.807, 2.05) is 0 Å². The lowest BCUT2D eigenvalue weighted by molar-refractivity contribution is -0.0133. The average Bonchev–Trinajstić information content (AvgIpc) is 2.35. The minimum absolute atomic E-state index is 0.331. The van der Waals surface area contributed by atoms with Crippen LogP contribution >= 0.6 is 0 Å². The van der Waals surface area contributed by atoms with Gasteiger partial charge in [-0.3, -0.25) is 4.90 Å². The van der Waals surface area contributed by atoms with Crippen LogP contribution in [0.15, 0.2) is 0 Å². The summed E-state index contributed by atoms with van der Waals surface area (Å²) in [7, 11) is 1.76. The van der Waals surface area contributed by atoms with Crippen LogP contribution in [0.1, 0.15) is 32.6 Å². The molecule has 4 nitrogen and oxygen atoms in total. The molecule has 0 spiro atoms. The normalized spacial score (nSPS) is 23.8. The lowest BCUT2D eigenvalue weighted by Gasteiger charge is -2.33. The van der Waals surface area contributed by atoms with E-state index in [1.54, 1.807) is 7.11 Å². The van der Waals surface area contributed by atoms with Gasteiger partial charge in [0.1, 0.15) is 0 Å². The molecule has 0 aromatic rings. The lowest BCUT2D eigenvalue weighted by Crippen LogP contribution is -2.43. The first-order chi connectivity index (χ1) is 8.26. The standard InChI is InChI=1S/C13H27NO3/c1-3-4-8-17-11-12(15)9-14-7-5-6-13(10-14)16-2/h12-13,15H,3-11H2,1-2H3. The van der Waals surface area contributed by atoms with Gasteiger partial charge in [-0.05, 0) is 25.8 Å². The molecule has 0 radical (unpaired) electrons. The second-order valence-electron chi connectivity index (χ2n) is 4.84. The maximum absolute atomic E-state index is 9.85. The van der Waals surface area contributed by atoms with Gasteiger partial charge in [0.15, 0.2) is 0 Å². The van der Waals surface area contributed by atoms with Crippen molar-refractivity contribution < 1.29 is 14.6 Å². The molecule has 0 aliphatic carbocycles. The molecule has 0 aromatic carbocycles. The molecule has 1 saturated heterocycles. The Morgan fingerprint density at radius 1 is 1.47 bits per heavy atom. The number of unbranched alkanes of at least 4 members (excludes halogenated alkanes) is 1. The monoisotopic (exact) mass is 245 g/mol. The van der Waals surface area contributed by atoms with Crippen LogP contribution in [0.3, 0.4) is 0 Å². The second-order valence-corrected chi connectivity index (χ2v) is 4.84. The van der Waals surface area contributed by atoms with Crippen molar-refractivity contribution in [2.75, 3.05) is 40.0 Å². The first-order valence-electron chi connectivity index (χ1n) is 6.77. The molecule has 1 heterocycles. The van der Waals surface area contributed by atoms with Crippen LogP contribution in [-0.4, -0.2) is 62.2 Å². The van der Waals surface area contributed by atoms with E-state index in [0.29, 0.717) is 19.3 Å². The third-order valence-corrected chi connectivity index (χ3v) is 3.22. The van der Waals surface area contributed by atoms with Crippen LogP contribution in [0, 0.1) is 0 Å². The van der Waals surface area contributed by atoms with Gasteiger partial charge in [-0.25, -0.2) is 0 Å².